The van der Waals surface area contributed by atoms with Crippen molar-refractivity contribution in [1.29, 1.82) is 0 Å². The Morgan fingerprint density at radius 1 is 1.33 bits per heavy atom. The molecule has 0 fully saturated rings. The van der Waals surface area contributed by atoms with Crippen LogP contribution >= 0.6 is 23.4 Å². The summed E-state index contributed by atoms with van der Waals surface area (Å²) in [6, 6.07) is 7.89. The molecule has 0 atom stereocenters. The van der Waals surface area contributed by atoms with Crippen molar-refractivity contribution in [3.05, 3.63) is 40.8 Å². The summed E-state index contributed by atoms with van der Waals surface area (Å²) in [5.74, 6) is 1.50. The summed E-state index contributed by atoms with van der Waals surface area (Å²) in [5.41, 5.74) is 1.28. The Bertz CT molecular complexity index is 561. The van der Waals surface area contributed by atoms with Gasteiger partial charge in [0, 0.05) is 17.0 Å². The fourth-order valence-electron chi connectivity index (χ4n) is 1.95. The van der Waals surface area contributed by atoms with Crippen molar-refractivity contribution in [1.82, 2.24) is 9.55 Å². The summed E-state index contributed by atoms with van der Waals surface area (Å²) in [4.78, 5) is 5.77. The number of hydrogen-bond donors (Lipinski definition) is 0. The number of halogens is 1. The Labute approximate surface area is 117 Å². The van der Waals surface area contributed by atoms with Gasteiger partial charge in [-0.1, -0.05) is 43.3 Å². The van der Waals surface area contributed by atoms with Gasteiger partial charge in [0.05, 0.1) is 5.69 Å². The van der Waals surface area contributed by atoms with Gasteiger partial charge in [0.25, 0.3) is 0 Å². The van der Waals surface area contributed by atoms with Gasteiger partial charge < -0.3 is 4.57 Å². The molecule has 0 saturated heterocycles. The molecule has 2 rings (SSSR count). The normalized spacial score (nSPS) is 11.2. The summed E-state index contributed by atoms with van der Waals surface area (Å²) in [6.45, 7) is 6.42. The van der Waals surface area contributed by atoms with Crippen LogP contribution in [0.15, 0.2) is 34.2 Å². The number of aryl methyl sites for hydroxylation is 1. The topological polar surface area (TPSA) is 17.8 Å². The van der Waals surface area contributed by atoms with Crippen molar-refractivity contribution >= 4 is 23.4 Å². The van der Waals surface area contributed by atoms with E-state index in [1.54, 1.807) is 11.8 Å². The van der Waals surface area contributed by atoms with Crippen LogP contribution in [0.2, 0.25) is 5.02 Å². The van der Waals surface area contributed by atoms with Gasteiger partial charge >= 0.3 is 0 Å². The SMILES string of the molecule is Cc1nc(Sc2cccc(Cl)c2)c(C(C)C)n1C. The van der Waals surface area contributed by atoms with Gasteiger partial charge in [-0.25, -0.2) is 4.98 Å². The van der Waals surface area contributed by atoms with E-state index in [1.807, 2.05) is 25.1 Å². The number of benzene rings is 1. The van der Waals surface area contributed by atoms with Gasteiger partial charge in [-0.15, -0.1) is 0 Å². The maximum absolute atomic E-state index is 6.01. The first kappa shape index (κ1) is 13.5. The number of aromatic nitrogens is 2. The predicted octanol–water partition coefficient (Wildman–Crippen LogP) is 4.66. The molecule has 0 aliphatic rings. The Balaban J connectivity index is 2.37. The lowest BCUT2D eigenvalue weighted by Gasteiger charge is -2.09. The smallest absolute Gasteiger partial charge is 0.123 e. The molecule has 0 N–H and O–H groups in total. The van der Waals surface area contributed by atoms with Crippen LogP contribution < -0.4 is 0 Å². The maximum atomic E-state index is 6.01. The minimum atomic E-state index is 0.456. The molecule has 4 heteroatoms. The maximum Gasteiger partial charge on any atom is 0.123 e. The monoisotopic (exact) mass is 280 g/mol. The number of imidazole rings is 1. The molecule has 96 valence electrons. The Morgan fingerprint density at radius 3 is 2.67 bits per heavy atom. The van der Waals surface area contributed by atoms with Crippen LogP contribution in [0.1, 0.15) is 31.3 Å². The van der Waals surface area contributed by atoms with Gasteiger partial charge in [-0.2, -0.15) is 0 Å². The van der Waals surface area contributed by atoms with E-state index in [9.17, 15) is 0 Å². The van der Waals surface area contributed by atoms with E-state index in [1.165, 1.54) is 5.69 Å². The third kappa shape index (κ3) is 2.73. The fourth-order valence-corrected chi connectivity index (χ4v) is 3.41. The van der Waals surface area contributed by atoms with Gasteiger partial charge in [-0.05, 0) is 31.0 Å². The van der Waals surface area contributed by atoms with E-state index in [4.69, 9.17) is 11.6 Å². The third-order valence-corrected chi connectivity index (χ3v) is 4.11. The van der Waals surface area contributed by atoms with E-state index in [2.05, 4.69) is 36.5 Å². The first-order valence-corrected chi connectivity index (χ1v) is 7.15. The zero-order valence-electron chi connectivity index (χ0n) is 11.1. The first-order valence-electron chi connectivity index (χ1n) is 5.95. The lowest BCUT2D eigenvalue weighted by Crippen LogP contribution is -2.00. The molecule has 18 heavy (non-hydrogen) atoms. The molecule has 0 unspecified atom stereocenters. The lowest BCUT2D eigenvalue weighted by atomic mass is 10.1. The highest BCUT2D eigenvalue weighted by Crippen LogP contribution is 2.34. The van der Waals surface area contributed by atoms with Crippen LogP contribution in [0.5, 0.6) is 0 Å². The highest BCUT2D eigenvalue weighted by Gasteiger charge is 2.16. The number of nitrogens with zero attached hydrogens (tertiary/aromatic N) is 2. The lowest BCUT2D eigenvalue weighted by molar-refractivity contribution is 0.712. The fraction of sp³-hybridized carbons (Fsp3) is 0.357. The molecular formula is C14H17ClN2S. The summed E-state index contributed by atoms with van der Waals surface area (Å²) in [7, 11) is 2.07. The van der Waals surface area contributed by atoms with Gasteiger partial charge in [0.2, 0.25) is 0 Å². The molecule has 0 bridgehead atoms. The zero-order chi connectivity index (χ0) is 13.3. The second-order valence-electron chi connectivity index (χ2n) is 4.62. The average molecular weight is 281 g/mol. The van der Waals surface area contributed by atoms with Crippen LogP contribution in [0.25, 0.3) is 0 Å². The largest absolute Gasteiger partial charge is 0.334 e. The molecule has 2 nitrogen and oxygen atoms in total. The van der Waals surface area contributed by atoms with Crippen molar-refractivity contribution in [2.45, 2.75) is 36.6 Å². The van der Waals surface area contributed by atoms with Crippen LogP contribution in [-0.4, -0.2) is 9.55 Å². The summed E-state index contributed by atoms with van der Waals surface area (Å²) >= 11 is 7.69. The second kappa shape index (κ2) is 5.37. The van der Waals surface area contributed by atoms with Gasteiger partial charge in [0.15, 0.2) is 0 Å². The highest BCUT2D eigenvalue weighted by molar-refractivity contribution is 7.99. The molecule has 2 aromatic rings. The van der Waals surface area contributed by atoms with Crippen LogP contribution in [-0.2, 0) is 7.05 Å². The Hall–Kier alpha value is -0.930. The minimum Gasteiger partial charge on any atom is -0.334 e. The van der Waals surface area contributed by atoms with E-state index in [-0.39, 0.29) is 0 Å². The second-order valence-corrected chi connectivity index (χ2v) is 6.12. The van der Waals surface area contributed by atoms with Crippen molar-refractivity contribution in [3.8, 4) is 0 Å². The van der Waals surface area contributed by atoms with Crippen LogP contribution in [0.4, 0.5) is 0 Å². The minimum absolute atomic E-state index is 0.456. The summed E-state index contributed by atoms with van der Waals surface area (Å²) in [5, 5.41) is 1.84. The molecule has 1 aromatic heterocycles. The molecule has 0 radical (unpaired) electrons. The van der Waals surface area contributed by atoms with E-state index in [0.717, 1.165) is 20.8 Å². The summed E-state index contributed by atoms with van der Waals surface area (Å²) in [6.07, 6.45) is 0. The number of hydrogen-bond acceptors (Lipinski definition) is 2. The molecular weight excluding hydrogens is 264 g/mol. The standard InChI is InChI=1S/C14H17ClN2S/c1-9(2)13-14(16-10(3)17(13)4)18-12-7-5-6-11(15)8-12/h5-9H,1-4H3. The molecule has 0 saturated carbocycles. The van der Waals surface area contributed by atoms with Crippen LogP contribution in [0, 0.1) is 6.92 Å². The first-order chi connectivity index (χ1) is 8.49. The Morgan fingerprint density at radius 2 is 2.06 bits per heavy atom. The quantitative estimate of drug-likeness (QED) is 0.814. The van der Waals surface area contributed by atoms with E-state index < -0.39 is 0 Å². The average Bonchev–Trinajstić information content (AvgIpc) is 2.54. The van der Waals surface area contributed by atoms with E-state index >= 15 is 0 Å². The highest BCUT2D eigenvalue weighted by atomic mass is 35.5. The molecule has 0 amide bonds. The van der Waals surface area contributed by atoms with Gasteiger partial charge in [-0.3, -0.25) is 0 Å². The molecule has 0 spiro atoms. The zero-order valence-corrected chi connectivity index (χ0v) is 12.6. The van der Waals surface area contributed by atoms with E-state index in [0.29, 0.717) is 5.92 Å². The van der Waals surface area contributed by atoms with Crippen molar-refractivity contribution < 1.29 is 0 Å². The van der Waals surface area contributed by atoms with Crippen molar-refractivity contribution in [2.75, 3.05) is 0 Å². The van der Waals surface area contributed by atoms with Gasteiger partial charge in [0.1, 0.15) is 10.9 Å². The molecule has 0 aliphatic heterocycles. The summed E-state index contributed by atoms with van der Waals surface area (Å²) < 4.78 is 2.16. The number of rotatable bonds is 3. The third-order valence-electron chi connectivity index (χ3n) is 2.89. The molecule has 1 heterocycles. The van der Waals surface area contributed by atoms with Crippen molar-refractivity contribution in [3.63, 3.8) is 0 Å². The molecule has 1 aromatic carbocycles. The Kier molecular flexibility index (Phi) is 4.03. The predicted molar refractivity (Wildman–Crippen MR) is 77.6 cm³/mol. The molecule has 0 aliphatic carbocycles. The van der Waals surface area contributed by atoms with Crippen LogP contribution in [0.3, 0.4) is 0 Å². The van der Waals surface area contributed by atoms with Crippen molar-refractivity contribution in [2.24, 2.45) is 7.05 Å².